The summed E-state index contributed by atoms with van der Waals surface area (Å²) >= 11 is 6.10. The number of benzene rings is 2. The third-order valence-electron chi connectivity index (χ3n) is 3.69. The van der Waals surface area contributed by atoms with Crippen LogP contribution in [-0.2, 0) is 0 Å². The van der Waals surface area contributed by atoms with Gasteiger partial charge < -0.3 is 5.11 Å². The van der Waals surface area contributed by atoms with E-state index in [1.54, 1.807) is 0 Å². The van der Waals surface area contributed by atoms with Crippen LogP contribution >= 0.6 is 11.6 Å². The van der Waals surface area contributed by atoms with Crippen molar-refractivity contribution in [3.63, 3.8) is 0 Å². The SMILES string of the molecule is Cc1ccc(C(O)c2cc(C)c(Cl)cc2C)cc1C. The average molecular weight is 275 g/mol. The Morgan fingerprint density at radius 3 is 2.16 bits per heavy atom. The standard InChI is InChI=1S/C17H19ClO/c1-10-5-6-14(7-11(10)2)17(19)15-8-13(4)16(18)9-12(15)3/h5-9,17,19H,1-4H3. The van der Waals surface area contributed by atoms with Crippen LogP contribution in [0.15, 0.2) is 30.3 Å². The molecule has 0 aliphatic carbocycles. The summed E-state index contributed by atoms with van der Waals surface area (Å²) in [5, 5.41) is 11.3. The number of hydrogen-bond donors (Lipinski definition) is 1. The molecule has 1 atom stereocenters. The summed E-state index contributed by atoms with van der Waals surface area (Å²) in [6.45, 7) is 8.07. The molecule has 2 aromatic rings. The van der Waals surface area contributed by atoms with Gasteiger partial charge in [-0.2, -0.15) is 0 Å². The second-order valence-corrected chi connectivity index (χ2v) is 5.61. The summed E-state index contributed by atoms with van der Waals surface area (Å²) in [7, 11) is 0. The maximum absolute atomic E-state index is 10.6. The molecule has 2 aromatic carbocycles. The van der Waals surface area contributed by atoms with Gasteiger partial charge in [-0.3, -0.25) is 0 Å². The van der Waals surface area contributed by atoms with Gasteiger partial charge in [0.1, 0.15) is 6.10 Å². The van der Waals surface area contributed by atoms with E-state index >= 15 is 0 Å². The third-order valence-corrected chi connectivity index (χ3v) is 4.10. The predicted octanol–water partition coefficient (Wildman–Crippen LogP) is 4.66. The fourth-order valence-electron chi connectivity index (χ4n) is 2.21. The molecule has 0 spiro atoms. The molecule has 1 unspecified atom stereocenters. The molecule has 0 radical (unpaired) electrons. The zero-order chi connectivity index (χ0) is 14.2. The van der Waals surface area contributed by atoms with Gasteiger partial charge in [0.05, 0.1) is 0 Å². The fraction of sp³-hybridized carbons (Fsp3) is 0.294. The van der Waals surface area contributed by atoms with Gasteiger partial charge in [-0.15, -0.1) is 0 Å². The molecule has 1 N–H and O–H groups in total. The van der Waals surface area contributed by atoms with Gasteiger partial charge >= 0.3 is 0 Å². The maximum atomic E-state index is 10.6. The van der Waals surface area contributed by atoms with Crippen LogP contribution in [0.4, 0.5) is 0 Å². The van der Waals surface area contributed by atoms with Crippen molar-refractivity contribution >= 4 is 11.6 Å². The summed E-state index contributed by atoms with van der Waals surface area (Å²) < 4.78 is 0. The van der Waals surface area contributed by atoms with Crippen LogP contribution in [0.5, 0.6) is 0 Å². The lowest BCUT2D eigenvalue weighted by Crippen LogP contribution is -2.03. The van der Waals surface area contributed by atoms with Crippen molar-refractivity contribution in [2.45, 2.75) is 33.8 Å². The summed E-state index contributed by atoms with van der Waals surface area (Å²) in [6.07, 6.45) is -0.602. The Morgan fingerprint density at radius 2 is 1.53 bits per heavy atom. The molecular weight excluding hydrogens is 256 g/mol. The molecule has 0 aromatic heterocycles. The van der Waals surface area contributed by atoms with Crippen LogP contribution in [0.1, 0.15) is 39.5 Å². The smallest absolute Gasteiger partial charge is 0.104 e. The van der Waals surface area contributed by atoms with Crippen molar-refractivity contribution in [1.82, 2.24) is 0 Å². The van der Waals surface area contributed by atoms with Crippen molar-refractivity contribution in [2.75, 3.05) is 0 Å². The van der Waals surface area contributed by atoms with E-state index in [-0.39, 0.29) is 0 Å². The van der Waals surface area contributed by atoms with Crippen LogP contribution < -0.4 is 0 Å². The highest BCUT2D eigenvalue weighted by Crippen LogP contribution is 2.29. The van der Waals surface area contributed by atoms with Crippen molar-refractivity contribution in [2.24, 2.45) is 0 Å². The molecule has 2 heteroatoms. The van der Waals surface area contributed by atoms with Gasteiger partial charge in [0.15, 0.2) is 0 Å². The Labute approximate surface area is 119 Å². The highest BCUT2D eigenvalue weighted by molar-refractivity contribution is 6.31. The van der Waals surface area contributed by atoms with Crippen LogP contribution in [0.25, 0.3) is 0 Å². The van der Waals surface area contributed by atoms with Crippen molar-refractivity contribution in [1.29, 1.82) is 0 Å². The van der Waals surface area contributed by atoms with E-state index in [4.69, 9.17) is 11.6 Å². The van der Waals surface area contributed by atoms with E-state index in [0.717, 1.165) is 27.3 Å². The predicted molar refractivity (Wildman–Crippen MR) is 80.9 cm³/mol. The van der Waals surface area contributed by atoms with E-state index in [2.05, 4.69) is 13.8 Å². The van der Waals surface area contributed by atoms with E-state index in [0.29, 0.717) is 0 Å². The van der Waals surface area contributed by atoms with Crippen molar-refractivity contribution in [3.8, 4) is 0 Å². The van der Waals surface area contributed by atoms with E-state index in [9.17, 15) is 5.11 Å². The van der Waals surface area contributed by atoms with Gasteiger partial charge in [0, 0.05) is 5.02 Å². The van der Waals surface area contributed by atoms with E-state index < -0.39 is 6.10 Å². The first kappa shape index (κ1) is 14.1. The topological polar surface area (TPSA) is 20.2 Å². The Balaban J connectivity index is 2.46. The second kappa shape index (κ2) is 5.36. The monoisotopic (exact) mass is 274 g/mol. The first-order valence-corrected chi connectivity index (χ1v) is 6.80. The second-order valence-electron chi connectivity index (χ2n) is 5.20. The molecule has 2 rings (SSSR count). The normalized spacial score (nSPS) is 12.5. The summed E-state index contributed by atoms with van der Waals surface area (Å²) in [5.74, 6) is 0. The number of rotatable bonds is 2. The summed E-state index contributed by atoms with van der Waals surface area (Å²) in [6, 6.07) is 9.96. The zero-order valence-corrected chi connectivity index (χ0v) is 12.5. The first-order chi connectivity index (χ1) is 8.90. The van der Waals surface area contributed by atoms with E-state index in [1.165, 1.54) is 11.1 Å². The number of aliphatic hydroxyl groups is 1. The molecule has 0 aliphatic rings. The minimum absolute atomic E-state index is 0.602. The molecule has 0 saturated carbocycles. The van der Waals surface area contributed by atoms with Gasteiger partial charge in [-0.25, -0.2) is 0 Å². The van der Waals surface area contributed by atoms with Crippen LogP contribution in [0, 0.1) is 27.7 Å². The van der Waals surface area contributed by atoms with Crippen molar-refractivity contribution < 1.29 is 5.11 Å². The highest BCUT2D eigenvalue weighted by atomic mass is 35.5. The van der Waals surface area contributed by atoms with Gasteiger partial charge in [0.2, 0.25) is 0 Å². The third kappa shape index (κ3) is 2.83. The first-order valence-electron chi connectivity index (χ1n) is 6.42. The minimum Gasteiger partial charge on any atom is -0.384 e. The number of halogens is 1. The lowest BCUT2D eigenvalue weighted by Gasteiger charge is -2.17. The molecule has 0 heterocycles. The van der Waals surface area contributed by atoms with Crippen LogP contribution in [0.2, 0.25) is 5.02 Å². The van der Waals surface area contributed by atoms with E-state index in [1.807, 2.05) is 44.2 Å². The maximum Gasteiger partial charge on any atom is 0.104 e. The average Bonchev–Trinajstić information content (AvgIpc) is 2.36. The summed E-state index contributed by atoms with van der Waals surface area (Å²) in [5.41, 5.74) is 6.28. The van der Waals surface area contributed by atoms with Gasteiger partial charge in [-0.1, -0.05) is 35.9 Å². The Kier molecular flexibility index (Phi) is 3.98. The molecule has 0 bridgehead atoms. The molecule has 100 valence electrons. The number of aliphatic hydroxyl groups excluding tert-OH is 1. The van der Waals surface area contributed by atoms with Gasteiger partial charge in [-0.05, 0) is 67.1 Å². The fourth-order valence-corrected chi connectivity index (χ4v) is 2.43. The molecule has 0 aliphatic heterocycles. The zero-order valence-electron chi connectivity index (χ0n) is 11.8. The summed E-state index contributed by atoms with van der Waals surface area (Å²) in [4.78, 5) is 0. The Morgan fingerprint density at radius 1 is 0.842 bits per heavy atom. The lowest BCUT2D eigenvalue weighted by molar-refractivity contribution is 0.219. The molecule has 19 heavy (non-hydrogen) atoms. The van der Waals surface area contributed by atoms with Gasteiger partial charge in [0.25, 0.3) is 0 Å². The van der Waals surface area contributed by atoms with Crippen LogP contribution in [-0.4, -0.2) is 5.11 Å². The van der Waals surface area contributed by atoms with Crippen LogP contribution in [0.3, 0.4) is 0 Å². The molecule has 0 amide bonds. The van der Waals surface area contributed by atoms with Crippen molar-refractivity contribution in [3.05, 3.63) is 68.7 Å². The molecular formula is C17H19ClO. The minimum atomic E-state index is -0.602. The lowest BCUT2D eigenvalue weighted by atomic mass is 9.94. The Bertz CT molecular complexity index is 617. The number of aryl methyl sites for hydroxylation is 4. The molecule has 0 saturated heterocycles. The quantitative estimate of drug-likeness (QED) is 0.845. The molecule has 0 fully saturated rings. The number of hydrogen-bond acceptors (Lipinski definition) is 1. The molecule has 1 nitrogen and oxygen atoms in total. The highest BCUT2D eigenvalue weighted by Gasteiger charge is 2.15. The Hall–Kier alpha value is -1.31. The largest absolute Gasteiger partial charge is 0.384 e.